The predicted molar refractivity (Wildman–Crippen MR) is 120 cm³/mol. The highest BCUT2D eigenvalue weighted by atomic mass is 16.5. The van der Waals surface area contributed by atoms with Gasteiger partial charge in [-0.3, -0.25) is 10.9 Å². The van der Waals surface area contributed by atoms with E-state index in [4.69, 9.17) is 4.74 Å². The highest BCUT2D eigenvalue weighted by Gasteiger charge is 2.34. The lowest BCUT2D eigenvalue weighted by molar-refractivity contribution is 0.169. The first-order valence-corrected chi connectivity index (χ1v) is 10.8. The number of hydrogen-bond acceptors (Lipinski definition) is 4. The molecule has 0 radical (unpaired) electrons. The van der Waals surface area contributed by atoms with Crippen molar-refractivity contribution in [1.29, 1.82) is 0 Å². The van der Waals surface area contributed by atoms with Gasteiger partial charge in [0.2, 0.25) is 0 Å². The normalized spacial score (nSPS) is 22.2. The zero-order chi connectivity index (χ0) is 21.1. The SMILES string of the molecule is COc1cccc(C2CC(C3CCN(C(=O)Nc4cccc(C)c4C)CC3)NN2)c1. The van der Waals surface area contributed by atoms with Crippen molar-refractivity contribution >= 4 is 11.7 Å². The number of carbonyl (C=O) groups is 1. The first-order valence-electron chi connectivity index (χ1n) is 10.8. The van der Waals surface area contributed by atoms with Crippen molar-refractivity contribution in [1.82, 2.24) is 15.8 Å². The number of piperidine rings is 1. The monoisotopic (exact) mass is 408 g/mol. The number of anilines is 1. The molecule has 2 unspecified atom stereocenters. The maximum absolute atomic E-state index is 12.7. The van der Waals surface area contributed by atoms with Crippen LogP contribution < -0.4 is 20.9 Å². The number of benzene rings is 2. The summed E-state index contributed by atoms with van der Waals surface area (Å²) in [5, 5.41) is 3.09. The number of hydrazine groups is 1. The number of methoxy groups -OCH3 is 1. The van der Waals surface area contributed by atoms with Crippen molar-refractivity contribution in [3.63, 3.8) is 0 Å². The van der Waals surface area contributed by atoms with E-state index in [1.807, 2.05) is 29.2 Å². The second-order valence-electron chi connectivity index (χ2n) is 8.46. The highest BCUT2D eigenvalue weighted by Crippen LogP contribution is 2.32. The third kappa shape index (κ3) is 4.45. The van der Waals surface area contributed by atoms with E-state index in [1.54, 1.807) is 7.11 Å². The van der Waals surface area contributed by atoms with Gasteiger partial charge in [0.05, 0.1) is 7.11 Å². The van der Waals surface area contributed by atoms with Crippen LogP contribution in [0.2, 0.25) is 0 Å². The van der Waals surface area contributed by atoms with Crippen LogP contribution in [-0.4, -0.2) is 37.2 Å². The Morgan fingerprint density at radius 1 is 1.10 bits per heavy atom. The molecule has 4 rings (SSSR count). The number of nitrogens with one attached hydrogen (secondary N) is 3. The molecule has 2 fully saturated rings. The summed E-state index contributed by atoms with van der Waals surface area (Å²) >= 11 is 0. The molecule has 30 heavy (non-hydrogen) atoms. The lowest BCUT2D eigenvalue weighted by Crippen LogP contribution is -2.45. The van der Waals surface area contributed by atoms with Gasteiger partial charge in [0.25, 0.3) is 0 Å². The molecule has 2 aliphatic rings. The molecule has 0 saturated carbocycles. The van der Waals surface area contributed by atoms with Crippen LogP contribution in [0.15, 0.2) is 42.5 Å². The van der Waals surface area contributed by atoms with Crippen LogP contribution in [0.3, 0.4) is 0 Å². The van der Waals surface area contributed by atoms with Gasteiger partial charge < -0.3 is 15.0 Å². The number of amides is 2. The summed E-state index contributed by atoms with van der Waals surface area (Å²) in [4.78, 5) is 14.7. The Kier molecular flexibility index (Phi) is 6.25. The minimum atomic E-state index is 0.00825. The number of nitrogens with zero attached hydrogens (tertiary/aromatic N) is 1. The molecule has 0 bridgehead atoms. The lowest BCUT2D eigenvalue weighted by atomic mass is 9.86. The minimum absolute atomic E-state index is 0.00825. The average molecular weight is 409 g/mol. The van der Waals surface area contributed by atoms with Gasteiger partial charge in [-0.1, -0.05) is 24.3 Å². The van der Waals surface area contributed by atoms with Crippen molar-refractivity contribution in [2.45, 2.75) is 45.2 Å². The fourth-order valence-corrected chi connectivity index (χ4v) is 4.55. The van der Waals surface area contributed by atoms with Gasteiger partial charge in [-0.05, 0) is 73.9 Å². The summed E-state index contributed by atoms with van der Waals surface area (Å²) in [7, 11) is 1.70. The largest absolute Gasteiger partial charge is 0.497 e. The first kappa shape index (κ1) is 20.7. The second-order valence-corrected chi connectivity index (χ2v) is 8.46. The molecule has 6 heteroatoms. The smallest absolute Gasteiger partial charge is 0.321 e. The van der Waals surface area contributed by atoms with E-state index in [0.717, 1.165) is 49.4 Å². The summed E-state index contributed by atoms with van der Waals surface area (Å²) in [6.07, 6.45) is 3.08. The number of rotatable bonds is 4. The molecule has 3 N–H and O–H groups in total. The summed E-state index contributed by atoms with van der Waals surface area (Å²) in [6.45, 7) is 5.71. The Morgan fingerprint density at radius 2 is 1.87 bits per heavy atom. The topological polar surface area (TPSA) is 65.6 Å². The van der Waals surface area contributed by atoms with E-state index in [1.165, 1.54) is 11.1 Å². The van der Waals surface area contributed by atoms with Gasteiger partial charge in [-0.25, -0.2) is 4.79 Å². The van der Waals surface area contributed by atoms with Crippen LogP contribution in [0.1, 0.15) is 42.0 Å². The predicted octanol–water partition coefficient (Wildman–Crippen LogP) is 4.16. The molecule has 6 nitrogen and oxygen atoms in total. The van der Waals surface area contributed by atoms with Gasteiger partial charge in [0.15, 0.2) is 0 Å². The Hall–Kier alpha value is -2.57. The Morgan fingerprint density at radius 3 is 2.63 bits per heavy atom. The van der Waals surface area contributed by atoms with Crippen molar-refractivity contribution in [3.05, 3.63) is 59.2 Å². The van der Waals surface area contributed by atoms with Gasteiger partial charge in [-0.2, -0.15) is 0 Å². The van der Waals surface area contributed by atoms with Crippen molar-refractivity contribution in [2.24, 2.45) is 5.92 Å². The summed E-state index contributed by atoms with van der Waals surface area (Å²) in [5.74, 6) is 1.46. The van der Waals surface area contributed by atoms with E-state index < -0.39 is 0 Å². The third-order valence-corrected chi connectivity index (χ3v) is 6.67. The highest BCUT2D eigenvalue weighted by molar-refractivity contribution is 5.90. The molecule has 2 atom stereocenters. The van der Waals surface area contributed by atoms with Crippen molar-refractivity contribution in [2.75, 3.05) is 25.5 Å². The molecule has 2 aromatic rings. The van der Waals surface area contributed by atoms with Crippen LogP contribution >= 0.6 is 0 Å². The lowest BCUT2D eigenvalue weighted by Gasteiger charge is -2.34. The van der Waals surface area contributed by atoms with E-state index in [-0.39, 0.29) is 12.1 Å². The van der Waals surface area contributed by atoms with Crippen LogP contribution in [0.4, 0.5) is 10.5 Å². The molecular formula is C24H32N4O2. The van der Waals surface area contributed by atoms with E-state index in [9.17, 15) is 4.79 Å². The second kappa shape index (κ2) is 9.06. The summed E-state index contributed by atoms with van der Waals surface area (Å²) < 4.78 is 5.36. The number of ether oxygens (including phenoxy) is 1. The zero-order valence-corrected chi connectivity index (χ0v) is 18.1. The standard InChI is InChI=1S/C24H32N4O2/c1-16-6-4-9-21(17(16)2)25-24(29)28-12-10-18(11-13-28)22-15-23(27-26-22)19-7-5-8-20(14-19)30-3/h4-9,14,18,22-23,26-27H,10-13,15H2,1-3H3,(H,25,29). The third-order valence-electron chi connectivity index (χ3n) is 6.67. The Balaban J connectivity index is 1.29. The van der Waals surface area contributed by atoms with Crippen LogP contribution in [0.25, 0.3) is 0 Å². The number of aryl methyl sites for hydroxylation is 1. The van der Waals surface area contributed by atoms with Crippen LogP contribution in [0, 0.1) is 19.8 Å². The maximum atomic E-state index is 12.7. The molecule has 0 aliphatic carbocycles. The van der Waals surface area contributed by atoms with Gasteiger partial charge in [0.1, 0.15) is 5.75 Å². The van der Waals surface area contributed by atoms with E-state index in [0.29, 0.717) is 12.0 Å². The molecule has 2 amide bonds. The van der Waals surface area contributed by atoms with Crippen LogP contribution in [0.5, 0.6) is 5.75 Å². The van der Waals surface area contributed by atoms with Gasteiger partial charge >= 0.3 is 6.03 Å². The van der Waals surface area contributed by atoms with E-state index >= 15 is 0 Å². The summed E-state index contributed by atoms with van der Waals surface area (Å²) in [6, 6.07) is 15.0. The van der Waals surface area contributed by atoms with Crippen molar-refractivity contribution in [3.8, 4) is 5.75 Å². The molecule has 2 saturated heterocycles. The molecule has 0 aromatic heterocycles. The fraction of sp³-hybridized carbons (Fsp3) is 0.458. The summed E-state index contributed by atoms with van der Waals surface area (Å²) in [5.41, 5.74) is 11.4. The quantitative estimate of drug-likeness (QED) is 0.711. The molecule has 2 aliphatic heterocycles. The van der Waals surface area contributed by atoms with Crippen molar-refractivity contribution < 1.29 is 9.53 Å². The number of carbonyl (C=O) groups excluding carboxylic acids is 1. The van der Waals surface area contributed by atoms with Gasteiger partial charge in [-0.15, -0.1) is 0 Å². The average Bonchev–Trinajstić information content (AvgIpc) is 3.27. The molecular weight excluding hydrogens is 376 g/mol. The van der Waals surface area contributed by atoms with E-state index in [2.05, 4.69) is 48.2 Å². The Labute approximate surface area is 179 Å². The molecule has 160 valence electrons. The fourth-order valence-electron chi connectivity index (χ4n) is 4.55. The number of likely N-dealkylation sites (tertiary alicyclic amines) is 1. The Bertz CT molecular complexity index is 893. The number of urea groups is 1. The zero-order valence-electron chi connectivity index (χ0n) is 18.1. The molecule has 2 heterocycles. The molecule has 2 aromatic carbocycles. The number of hydrogen-bond donors (Lipinski definition) is 3. The maximum Gasteiger partial charge on any atom is 0.321 e. The minimum Gasteiger partial charge on any atom is -0.497 e. The van der Waals surface area contributed by atoms with Crippen LogP contribution in [-0.2, 0) is 0 Å². The van der Waals surface area contributed by atoms with Gasteiger partial charge in [0, 0.05) is 30.9 Å². The first-order chi connectivity index (χ1) is 14.5. The molecule has 0 spiro atoms.